The van der Waals surface area contributed by atoms with Crippen molar-refractivity contribution in [2.24, 2.45) is 0 Å². The zero-order valence-electron chi connectivity index (χ0n) is 10.6. The van der Waals surface area contributed by atoms with Gasteiger partial charge >= 0.3 is 0 Å². The fourth-order valence-electron chi connectivity index (χ4n) is 2.66. The maximum atomic E-state index is 6.30. The number of benzene rings is 1. The van der Waals surface area contributed by atoms with Gasteiger partial charge in [0.1, 0.15) is 0 Å². The number of alkyl halides is 1. The van der Waals surface area contributed by atoms with Crippen molar-refractivity contribution in [2.45, 2.75) is 44.0 Å². The highest BCUT2D eigenvalue weighted by atomic mass is 35.5. The Hall–Kier alpha value is -0.530. The van der Waals surface area contributed by atoms with Crippen molar-refractivity contribution < 1.29 is 0 Å². The summed E-state index contributed by atoms with van der Waals surface area (Å²) in [6.45, 7) is 4.47. The Bertz CT molecular complexity index is 325. The molecular formula is C15H22ClN. The summed E-state index contributed by atoms with van der Waals surface area (Å²) in [7, 11) is 0. The van der Waals surface area contributed by atoms with Crippen molar-refractivity contribution in [3.8, 4) is 0 Å². The van der Waals surface area contributed by atoms with Crippen LogP contribution in [-0.2, 0) is 0 Å². The largest absolute Gasteiger partial charge is 0.295 e. The predicted molar refractivity (Wildman–Crippen MR) is 74.5 cm³/mol. The molecule has 1 aliphatic rings. The number of unbranched alkanes of at least 4 members (excludes halogenated alkanes) is 1. The van der Waals surface area contributed by atoms with Crippen LogP contribution in [0, 0.1) is 0 Å². The summed E-state index contributed by atoms with van der Waals surface area (Å²) in [4.78, 5) is 2.57. The fourth-order valence-corrected chi connectivity index (χ4v) is 2.96. The van der Waals surface area contributed by atoms with Crippen molar-refractivity contribution in [2.75, 3.05) is 13.1 Å². The number of piperidine rings is 1. The van der Waals surface area contributed by atoms with Crippen molar-refractivity contribution >= 4 is 11.6 Å². The summed E-state index contributed by atoms with van der Waals surface area (Å²) in [5.41, 5.74) is 1.45. The molecule has 0 radical (unpaired) electrons. The van der Waals surface area contributed by atoms with E-state index in [9.17, 15) is 0 Å². The Morgan fingerprint density at radius 3 is 2.71 bits per heavy atom. The van der Waals surface area contributed by atoms with E-state index in [1.165, 1.54) is 31.4 Å². The molecule has 1 heterocycles. The molecule has 0 saturated carbocycles. The van der Waals surface area contributed by atoms with Crippen LogP contribution < -0.4 is 0 Å². The topological polar surface area (TPSA) is 3.24 Å². The SMILES string of the molecule is CCCCN1CC(Cl)CCC1c1ccccc1. The molecule has 1 fully saturated rings. The minimum Gasteiger partial charge on any atom is -0.295 e. The van der Waals surface area contributed by atoms with Crippen LogP contribution in [0.4, 0.5) is 0 Å². The number of rotatable bonds is 4. The van der Waals surface area contributed by atoms with Gasteiger partial charge in [-0.05, 0) is 31.4 Å². The summed E-state index contributed by atoms with van der Waals surface area (Å²) >= 11 is 6.30. The Morgan fingerprint density at radius 1 is 1.24 bits per heavy atom. The van der Waals surface area contributed by atoms with E-state index in [0.29, 0.717) is 11.4 Å². The molecular weight excluding hydrogens is 230 g/mol. The van der Waals surface area contributed by atoms with Gasteiger partial charge in [0.05, 0.1) is 0 Å². The first-order valence-corrected chi connectivity index (χ1v) is 7.18. The van der Waals surface area contributed by atoms with Crippen LogP contribution >= 0.6 is 11.6 Å². The smallest absolute Gasteiger partial charge is 0.0464 e. The maximum Gasteiger partial charge on any atom is 0.0464 e. The molecule has 1 aromatic carbocycles. The molecule has 0 N–H and O–H groups in total. The van der Waals surface area contributed by atoms with Gasteiger partial charge in [-0.25, -0.2) is 0 Å². The Morgan fingerprint density at radius 2 is 2.00 bits per heavy atom. The van der Waals surface area contributed by atoms with Crippen LogP contribution in [0.3, 0.4) is 0 Å². The highest BCUT2D eigenvalue weighted by molar-refractivity contribution is 6.20. The monoisotopic (exact) mass is 251 g/mol. The number of nitrogens with zero attached hydrogens (tertiary/aromatic N) is 1. The van der Waals surface area contributed by atoms with E-state index < -0.39 is 0 Å². The van der Waals surface area contributed by atoms with Crippen LogP contribution in [-0.4, -0.2) is 23.4 Å². The van der Waals surface area contributed by atoms with Crippen LogP contribution in [0.1, 0.15) is 44.2 Å². The Balaban J connectivity index is 2.07. The summed E-state index contributed by atoms with van der Waals surface area (Å²) in [6.07, 6.45) is 4.86. The number of likely N-dealkylation sites (tertiary alicyclic amines) is 1. The lowest BCUT2D eigenvalue weighted by molar-refractivity contribution is 0.149. The zero-order valence-corrected chi connectivity index (χ0v) is 11.4. The molecule has 2 atom stereocenters. The van der Waals surface area contributed by atoms with Gasteiger partial charge in [-0.1, -0.05) is 43.7 Å². The van der Waals surface area contributed by atoms with E-state index in [0.717, 1.165) is 13.0 Å². The third-order valence-corrected chi connectivity index (χ3v) is 3.97. The van der Waals surface area contributed by atoms with Crippen LogP contribution in [0.25, 0.3) is 0 Å². The second-order valence-electron chi connectivity index (χ2n) is 4.95. The number of halogens is 1. The van der Waals surface area contributed by atoms with E-state index in [2.05, 4.69) is 42.2 Å². The molecule has 1 aliphatic heterocycles. The molecule has 1 aromatic rings. The molecule has 0 aliphatic carbocycles. The van der Waals surface area contributed by atoms with Gasteiger partial charge in [0, 0.05) is 18.0 Å². The Kier molecular flexibility index (Phi) is 4.87. The molecule has 0 aromatic heterocycles. The third-order valence-electron chi connectivity index (χ3n) is 3.61. The van der Waals surface area contributed by atoms with Gasteiger partial charge in [-0.2, -0.15) is 0 Å². The minimum absolute atomic E-state index is 0.340. The highest BCUT2D eigenvalue weighted by Gasteiger charge is 2.27. The molecule has 2 heteroatoms. The molecule has 1 saturated heterocycles. The van der Waals surface area contributed by atoms with Gasteiger partial charge in [0.25, 0.3) is 0 Å². The Labute approximate surface area is 110 Å². The average Bonchev–Trinajstić information content (AvgIpc) is 2.37. The van der Waals surface area contributed by atoms with Gasteiger partial charge in [0.2, 0.25) is 0 Å². The quantitative estimate of drug-likeness (QED) is 0.724. The lowest BCUT2D eigenvalue weighted by Crippen LogP contribution is -2.39. The van der Waals surface area contributed by atoms with Crippen LogP contribution in [0.2, 0.25) is 0 Å². The lowest BCUT2D eigenvalue weighted by atomic mass is 9.95. The van der Waals surface area contributed by atoms with E-state index in [4.69, 9.17) is 11.6 Å². The van der Waals surface area contributed by atoms with Crippen LogP contribution in [0.15, 0.2) is 30.3 Å². The first-order valence-electron chi connectivity index (χ1n) is 6.74. The normalized spacial score (nSPS) is 26.0. The van der Waals surface area contributed by atoms with Gasteiger partial charge in [0.15, 0.2) is 0 Å². The summed E-state index contributed by atoms with van der Waals surface area (Å²) in [5.74, 6) is 0. The fraction of sp³-hybridized carbons (Fsp3) is 0.600. The zero-order chi connectivity index (χ0) is 12.1. The number of hydrogen-bond donors (Lipinski definition) is 0. The standard InChI is InChI=1S/C15H22ClN/c1-2-3-11-17-12-14(16)9-10-15(17)13-7-5-4-6-8-13/h4-8,14-15H,2-3,9-12H2,1H3. The second-order valence-corrected chi connectivity index (χ2v) is 5.57. The van der Waals surface area contributed by atoms with E-state index in [1.54, 1.807) is 0 Å². The first kappa shape index (κ1) is 12.9. The third kappa shape index (κ3) is 3.46. The molecule has 2 unspecified atom stereocenters. The first-order chi connectivity index (χ1) is 8.31. The van der Waals surface area contributed by atoms with E-state index in [1.807, 2.05) is 0 Å². The predicted octanol–water partition coefficient (Wildman–Crippen LogP) is 4.23. The lowest BCUT2D eigenvalue weighted by Gasteiger charge is -2.38. The molecule has 17 heavy (non-hydrogen) atoms. The van der Waals surface area contributed by atoms with Gasteiger partial charge in [-0.3, -0.25) is 4.90 Å². The summed E-state index contributed by atoms with van der Waals surface area (Å²) in [5, 5.41) is 0.340. The summed E-state index contributed by atoms with van der Waals surface area (Å²) < 4.78 is 0. The summed E-state index contributed by atoms with van der Waals surface area (Å²) in [6, 6.07) is 11.4. The average molecular weight is 252 g/mol. The van der Waals surface area contributed by atoms with Crippen LogP contribution in [0.5, 0.6) is 0 Å². The molecule has 0 bridgehead atoms. The van der Waals surface area contributed by atoms with Gasteiger partial charge in [-0.15, -0.1) is 11.6 Å². The van der Waals surface area contributed by atoms with E-state index in [-0.39, 0.29) is 0 Å². The van der Waals surface area contributed by atoms with Crippen molar-refractivity contribution in [3.63, 3.8) is 0 Å². The van der Waals surface area contributed by atoms with Crippen molar-refractivity contribution in [1.29, 1.82) is 0 Å². The minimum atomic E-state index is 0.340. The molecule has 2 rings (SSSR count). The number of hydrogen-bond acceptors (Lipinski definition) is 1. The van der Waals surface area contributed by atoms with Crippen molar-refractivity contribution in [3.05, 3.63) is 35.9 Å². The second kappa shape index (κ2) is 6.42. The molecule has 1 nitrogen and oxygen atoms in total. The molecule has 0 spiro atoms. The highest BCUT2D eigenvalue weighted by Crippen LogP contribution is 2.32. The maximum absolute atomic E-state index is 6.30. The van der Waals surface area contributed by atoms with Gasteiger partial charge < -0.3 is 0 Å². The van der Waals surface area contributed by atoms with E-state index >= 15 is 0 Å². The van der Waals surface area contributed by atoms with Crippen molar-refractivity contribution in [1.82, 2.24) is 4.90 Å². The molecule has 94 valence electrons. The molecule has 0 amide bonds.